The number of carboxylic acid groups (broad SMARTS) is 1. The standard InChI is InChI=1S/C9H9NO3S/c1-6(11)8-3-2-7(4-10-8)14-5-9(12)13/h2-4H,5H2,1H3,(H,12,13). The van der Waals surface area contributed by atoms with E-state index in [-0.39, 0.29) is 11.5 Å². The van der Waals surface area contributed by atoms with Crippen molar-refractivity contribution < 1.29 is 14.7 Å². The maximum Gasteiger partial charge on any atom is 0.313 e. The molecule has 1 aromatic heterocycles. The quantitative estimate of drug-likeness (QED) is 0.603. The summed E-state index contributed by atoms with van der Waals surface area (Å²) >= 11 is 1.18. The zero-order valence-corrected chi connectivity index (χ0v) is 8.37. The van der Waals surface area contributed by atoms with Gasteiger partial charge in [0.2, 0.25) is 0 Å². The highest BCUT2D eigenvalue weighted by molar-refractivity contribution is 8.00. The molecule has 0 amide bonds. The number of Topliss-reactive ketones (excluding diaryl/α,β-unsaturated/α-hetero) is 1. The van der Waals surface area contributed by atoms with E-state index in [1.54, 1.807) is 12.1 Å². The number of carboxylic acids is 1. The fourth-order valence-electron chi connectivity index (χ4n) is 0.819. The van der Waals surface area contributed by atoms with Gasteiger partial charge in [0.05, 0.1) is 5.75 Å². The number of aromatic nitrogens is 1. The lowest BCUT2D eigenvalue weighted by Crippen LogP contribution is -1.99. The Morgan fingerprint density at radius 1 is 1.50 bits per heavy atom. The highest BCUT2D eigenvalue weighted by Gasteiger charge is 2.02. The van der Waals surface area contributed by atoms with E-state index in [9.17, 15) is 9.59 Å². The van der Waals surface area contributed by atoms with Crippen LogP contribution in [0.2, 0.25) is 0 Å². The normalized spacial score (nSPS) is 9.79. The number of rotatable bonds is 4. The first-order chi connectivity index (χ1) is 6.59. The summed E-state index contributed by atoms with van der Waals surface area (Å²) in [6.45, 7) is 1.44. The summed E-state index contributed by atoms with van der Waals surface area (Å²) in [6.07, 6.45) is 1.50. The van der Waals surface area contributed by atoms with E-state index in [0.717, 1.165) is 4.90 Å². The first kappa shape index (κ1) is 10.7. The third kappa shape index (κ3) is 3.18. The van der Waals surface area contributed by atoms with Gasteiger partial charge in [-0.2, -0.15) is 0 Å². The largest absolute Gasteiger partial charge is 0.481 e. The van der Waals surface area contributed by atoms with Crippen molar-refractivity contribution in [1.82, 2.24) is 4.98 Å². The van der Waals surface area contributed by atoms with Crippen molar-refractivity contribution in [1.29, 1.82) is 0 Å². The summed E-state index contributed by atoms with van der Waals surface area (Å²) in [5.41, 5.74) is 0.393. The minimum absolute atomic E-state index is 0.00109. The molecule has 0 atom stereocenters. The summed E-state index contributed by atoms with van der Waals surface area (Å²) in [4.78, 5) is 25.8. The van der Waals surface area contributed by atoms with Crippen LogP contribution in [0, 0.1) is 0 Å². The molecule has 0 bridgehead atoms. The lowest BCUT2D eigenvalue weighted by atomic mass is 10.3. The zero-order valence-electron chi connectivity index (χ0n) is 7.56. The molecule has 0 spiro atoms. The van der Waals surface area contributed by atoms with Crippen LogP contribution >= 0.6 is 11.8 Å². The van der Waals surface area contributed by atoms with Gasteiger partial charge in [0.15, 0.2) is 5.78 Å². The van der Waals surface area contributed by atoms with Crippen LogP contribution in [-0.4, -0.2) is 27.6 Å². The topological polar surface area (TPSA) is 67.3 Å². The predicted molar refractivity (Wildman–Crippen MR) is 52.6 cm³/mol. The maximum absolute atomic E-state index is 10.9. The number of ketones is 1. The molecule has 0 saturated carbocycles. The second kappa shape index (κ2) is 4.76. The van der Waals surface area contributed by atoms with Crippen molar-refractivity contribution in [3.05, 3.63) is 24.0 Å². The number of carbonyl (C=O) groups is 2. The van der Waals surface area contributed by atoms with E-state index in [1.165, 1.54) is 24.9 Å². The monoisotopic (exact) mass is 211 g/mol. The van der Waals surface area contributed by atoms with E-state index in [4.69, 9.17) is 5.11 Å². The fourth-order valence-corrected chi connectivity index (χ4v) is 1.40. The van der Waals surface area contributed by atoms with Crippen LogP contribution in [0.4, 0.5) is 0 Å². The number of aliphatic carboxylic acids is 1. The second-order valence-corrected chi connectivity index (χ2v) is 3.67. The summed E-state index contributed by atoms with van der Waals surface area (Å²) < 4.78 is 0. The van der Waals surface area contributed by atoms with Crippen LogP contribution in [-0.2, 0) is 4.79 Å². The molecule has 1 N–H and O–H groups in total. The number of carbonyl (C=O) groups excluding carboxylic acids is 1. The van der Waals surface area contributed by atoms with Gasteiger partial charge in [-0.25, -0.2) is 0 Å². The Bertz CT molecular complexity index is 348. The van der Waals surface area contributed by atoms with Gasteiger partial charge in [0.25, 0.3) is 0 Å². The Kier molecular flexibility index (Phi) is 3.64. The van der Waals surface area contributed by atoms with Gasteiger partial charge in [-0.05, 0) is 12.1 Å². The SMILES string of the molecule is CC(=O)c1ccc(SCC(=O)O)cn1. The summed E-state index contributed by atoms with van der Waals surface area (Å²) in [6, 6.07) is 3.28. The molecular formula is C9H9NO3S. The van der Waals surface area contributed by atoms with Gasteiger partial charge in [-0.15, -0.1) is 11.8 Å². The van der Waals surface area contributed by atoms with Crippen molar-refractivity contribution >= 4 is 23.5 Å². The molecule has 0 fully saturated rings. The van der Waals surface area contributed by atoms with Crippen molar-refractivity contribution in [3.8, 4) is 0 Å². The Morgan fingerprint density at radius 2 is 2.21 bits per heavy atom. The van der Waals surface area contributed by atoms with E-state index in [2.05, 4.69) is 4.98 Å². The van der Waals surface area contributed by atoms with Crippen molar-refractivity contribution in [3.63, 3.8) is 0 Å². The first-order valence-corrected chi connectivity index (χ1v) is 4.89. The Balaban J connectivity index is 2.64. The smallest absolute Gasteiger partial charge is 0.313 e. The molecule has 0 radical (unpaired) electrons. The van der Waals surface area contributed by atoms with Crippen LogP contribution in [0.3, 0.4) is 0 Å². The van der Waals surface area contributed by atoms with Gasteiger partial charge < -0.3 is 5.11 Å². The fraction of sp³-hybridized carbons (Fsp3) is 0.222. The Morgan fingerprint density at radius 3 is 2.64 bits per heavy atom. The highest BCUT2D eigenvalue weighted by Crippen LogP contribution is 2.16. The average Bonchev–Trinajstić information content (AvgIpc) is 2.15. The van der Waals surface area contributed by atoms with Crippen LogP contribution in [0.5, 0.6) is 0 Å². The van der Waals surface area contributed by atoms with Crippen molar-refractivity contribution in [2.45, 2.75) is 11.8 Å². The highest BCUT2D eigenvalue weighted by atomic mass is 32.2. The maximum atomic E-state index is 10.9. The molecule has 0 aromatic carbocycles. The summed E-state index contributed by atoms with van der Waals surface area (Å²) in [7, 11) is 0. The molecule has 5 heteroatoms. The second-order valence-electron chi connectivity index (χ2n) is 2.62. The van der Waals surface area contributed by atoms with Gasteiger partial charge in [0.1, 0.15) is 5.69 Å². The van der Waals surface area contributed by atoms with Crippen LogP contribution in [0.25, 0.3) is 0 Å². The minimum atomic E-state index is -0.870. The van der Waals surface area contributed by atoms with Crippen LogP contribution in [0.1, 0.15) is 17.4 Å². The lowest BCUT2D eigenvalue weighted by Gasteiger charge is -1.98. The first-order valence-electron chi connectivity index (χ1n) is 3.91. The predicted octanol–water partition coefficient (Wildman–Crippen LogP) is 1.46. The number of hydrogen-bond donors (Lipinski definition) is 1. The molecule has 0 aliphatic heterocycles. The van der Waals surface area contributed by atoms with Gasteiger partial charge >= 0.3 is 5.97 Å². The number of hydrogen-bond acceptors (Lipinski definition) is 4. The van der Waals surface area contributed by atoms with E-state index in [1.807, 2.05) is 0 Å². The number of thioether (sulfide) groups is 1. The molecular weight excluding hydrogens is 202 g/mol. The molecule has 0 aliphatic rings. The molecule has 0 saturated heterocycles. The van der Waals surface area contributed by atoms with Gasteiger partial charge in [0, 0.05) is 18.0 Å². The summed E-state index contributed by atoms with van der Waals surface area (Å²) in [5.74, 6) is -0.966. The van der Waals surface area contributed by atoms with Crippen LogP contribution in [0.15, 0.2) is 23.2 Å². The lowest BCUT2D eigenvalue weighted by molar-refractivity contribution is -0.133. The van der Waals surface area contributed by atoms with E-state index >= 15 is 0 Å². The molecule has 1 aromatic rings. The molecule has 14 heavy (non-hydrogen) atoms. The molecule has 1 rings (SSSR count). The van der Waals surface area contributed by atoms with Crippen molar-refractivity contribution in [2.75, 3.05) is 5.75 Å². The average molecular weight is 211 g/mol. The Hall–Kier alpha value is -1.36. The van der Waals surface area contributed by atoms with Gasteiger partial charge in [-0.1, -0.05) is 0 Å². The molecule has 1 heterocycles. The van der Waals surface area contributed by atoms with E-state index < -0.39 is 5.97 Å². The zero-order chi connectivity index (χ0) is 10.6. The summed E-state index contributed by atoms with van der Waals surface area (Å²) in [5, 5.41) is 8.42. The number of nitrogens with zero attached hydrogens (tertiary/aromatic N) is 1. The number of pyridine rings is 1. The van der Waals surface area contributed by atoms with E-state index in [0.29, 0.717) is 5.69 Å². The molecule has 74 valence electrons. The molecule has 0 unspecified atom stereocenters. The van der Waals surface area contributed by atoms with Gasteiger partial charge in [-0.3, -0.25) is 14.6 Å². The molecule has 4 nitrogen and oxygen atoms in total. The minimum Gasteiger partial charge on any atom is -0.481 e. The molecule has 0 aliphatic carbocycles. The third-order valence-electron chi connectivity index (χ3n) is 1.46. The Labute approximate surface area is 85.4 Å². The third-order valence-corrected chi connectivity index (χ3v) is 2.43. The van der Waals surface area contributed by atoms with Crippen LogP contribution < -0.4 is 0 Å². The van der Waals surface area contributed by atoms with Crippen molar-refractivity contribution in [2.24, 2.45) is 0 Å².